The summed E-state index contributed by atoms with van der Waals surface area (Å²) in [6.07, 6.45) is 1.83. The molecular formula is C18H19NO3. The van der Waals surface area contributed by atoms with Crippen molar-refractivity contribution in [3.05, 3.63) is 53.6 Å². The summed E-state index contributed by atoms with van der Waals surface area (Å²) in [5, 5.41) is 0. The SMILES string of the molecule is COc1cc(OC)c2c(c1)N(C(=O)c1ccccc1)CCC2. The monoisotopic (exact) mass is 297 g/mol. The second-order valence-electron chi connectivity index (χ2n) is 5.25. The first-order valence-electron chi connectivity index (χ1n) is 7.36. The van der Waals surface area contributed by atoms with Gasteiger partial charge < -0.3 is 14.4 Å². The zero-order valence-electron chi connectivity index (χ0n) is 12.8. The molecule has 2 aromatic rings. The number of hydrogen-bond acceptors (Lipinski definition) is 3. The van der Waals surface area contributed by atoms with Crippen LogP contribution >= 0.6 is 0 Å². The van der Waals surface area contributed by atoms with E-state index in [1.807, 2.05) is 47.4 Å². The molecule has 0 atom stereocenters. The highest BCUT2D eigenvalue weighted by molar-refractivity contribution is 6.07. The Morgan fingerprint density at radius 2 is 1.86 bits per heavy atom. The van der Waals surface area contributed by atoms with Crippen LogP contribution in [0.2, 0.25) is 0 Å². The summed E-state index contributed by atoms with van der Waals surface area (Å²) < 4.78 is 10.8. The van der Waals surface area contributed by atoms with Gasteiger partial charge in [0.2, 0.25) is 0 Å². The van der Waals surface area contributed by atoms with Crippen molar-refractivity contribution >= 4 is 11.6 Å². The molecule has 0 saturated carbocycles. The van der Waals surface area contributed by atoms with Crippen LogP contribution < -0.4 is 14.4 Å². The van der Waals surface area contributed by atoms with Gasteiger partial charge in [0.15, 0.2) is 0 Å². The molecule has 0 aliphatic carbocycles. The Morgan fingerprint density at radius 3 is 2.55 bits per heavy atom. The van der Waals surface area contributed by atoms with Crippen molar-refractivity contribution < 1.29 is 14.3 Å². The predicted molar refractivity (Wildman–Crippen MR) is 86.0 cm³/mol. The van der Waals surface area contributed by atoms with E-state index in [2.05, 4.69) is 0 Å². The van der Waals surface area contributed by atoms with E-state index in [-0.39, 0.29) is 5.91 Å². The standard InChI is InChI=1S/C18H19NO3/c1-21-14-11-16-15(17(12-14)22-2)9-6-10-19(16)18(20)13-7-4-3-5-8-13/h3-5,7-8,11-12H,6,9-10H2,1-2H3. The fraction of sp³-hybridized carbons (Fsp3) is 0.278. The molecule has 0 N–H and O–H groups in total. The molecule has 0 aromatic heterocycles. The van der Waals surface area contributed by atoms with Gasteiger partial charge in [-0.3, -0.25) is 4.79 Å². The first kappa shape index (κ1) is 14.4. The third kappa shape index (κ3) is 2.52. The molecule has 0 bridgehead atoms. The summed E-state index contributed by atoms with van der Waals surface area (Å²) >= 11 is 0. The Morgan fingerprint density at radius 1 is 1.09 bits per heavy atom. The zero-order chi connectivity index (χ0) is 15.5. The minimum atomic E-state index is 0.0110. The van der Waals surface area contributed by atoms with Gasteiger partial charge in [0.25, 0.3) is 5.91 Å². The van der Waals surface area contributed by atoms with Crippen LogP contribution in [0.25, 0.3) is 0 Å². The number of benzene rings is 2. The minimum absolute atomic E-state index is 0.0110. The van der Waals surface area contributed by atoms with E-state index in [0.717, 1.165) is 29.8 Å². The first-order chi connectivity index (χ1) is 10.7. The fourth-order valence-electron chi connectivity index (χ4n) is 2.88. The van der Waals surface area contributed by atoms with Gasteiger partial charge in [0, 0.05) is 29.8 Å². The molecule has 4 nitrogen and oxygen atoms in total. The van der Waals surface area contributed by atoms with E-state index in [4.69, 9.17) is 9.47 Å². The smallest absolute Gasteiger partial charge is 0.258 e. The summed E-state index contributed by atoms with van der Waals surface area (Å²) in [4.78, 5) is 14.6. The van der Waals surface area contributed by atoms with Gasteiger partial charge in [-0.2, -0.15) is 0 Å². The van der Waals surface area contributed by atoms with E-state index in [1.165, 1.54) is 0 Å². The summed E-state index contributed by atoms with van der Waals surface area (Å²) in [7, 11) is 3.26. The number of hydrogen-bond donors (Lipinski definition) is 0. The van der Waals surface area contributed by atoms with Gasteiger partial charge in [0.1, 0.15) is 11.5 Å². The Balaban J connectivity index is 2.05. The van der Waals surface area contributed by atoms with E-state index in [1.54, 1.807) is 14.2 Å². The molecule has 0 saturated heterocycles. The Labute approximate surface area is 130 Å². The van der Waals surface area contributed by atoms with Gasteiger partial charge in [-0.25, -0.2) is 0 Å². The van der Waals surface area contributed by atoms with Crippen molar-refractivity contribution in [3.63, 3.8) is 0 Å². The summed E-state index contributed by atoms with van der Waals surface area (Å²) in [6, 6.07) is 13.1. The lowest BCUT2D eigenvalue weighted by molar-refractivity contribution is 0.0985. The molecule has 0 unspecified atom stereocenters. The lowest BCUT2D eigenvalue weighted by Crippen LogP contribution is -2.35. The highest BCUT2D eigenvalue weighted by atomic mass is 16.5. The minimum Gasteiger partial charge on any atom is -0.497 e. The molecule has 114 valence electrons. The van der Waals surface area contributed by atoms with E-state index >= 15 is 0 Å². The number of ether oxygens (including phenoxy) is 2. The van der Waals surface area contributed by atoms with Gasteiger partial charge in [-0.1, -0.05) is 18.2 Å². The maximum atomic E-state index is 12.8. The molecule has 22 heavy (non-hydrogen) atoms. The Bertz CT molecular complexity index is 682. The van der Waals surface area contributed by atoms with Gasteiger partial charge in [-0.05, 0) is 25.0 Å². The average molecular weight is 297 g/mol. The number of methoxy groups -OCH3 is 2. The van der Waals surface area contributed by atoms with Gasteiger partial charge >= 0.3 is 0 Å². The third-order valence-electron chi connectivity index (χ3n) is 3.98. The largest absolute Gasteiger partial charge is 0.497 e. The van der Waals surface area contributed by atoms with Crippen molar-refractivity contribution in [3.8, 4) is 11.5 Å². The molecule has 1 aliphatic rings. The summed E-state index contributed by atoms with van der Waals surface area (Å²) in [5.41, 5.74) is 2.65. The number of carbonyl (C=O) groups is 1. The van der Waals surface area contributed by atoms with Crippen LogP contribution in [0.3, 0.4) is 0 Å². The first-order valence-corrected chi connectivity index (χ1v) is 7.36. The molecule has 4 heteroatoms. The average Bonchev–Trinajstić information content (AvgIpc) is 2.60. The topological polar surface area (TPSA) is 38.8 Å². The third-order valence-corrected chi connectivity index (χ3v) is 3.98. The fourth-order valence-corrected chi connectivity index (χ4v) is 2.88. The highest BCUT2D eigenvalue weighted by Crippen LogP contribution is 2.38. The van der Waals surface area contributed by atoms with Crippen molar-refractivity contribution in [1.29, 1.82) is 0 Å². The van der Waals surface area contributed by atoms with Crippen LogP contribution in [-0.4, -0.2) is 26.7 Å². The van der Waals surface area contributed by atoms with Crippen LogP contribution in [0.15, 0.2) is 42.5 Å². The molecule has 2 aromatic carbocycles. The molecule has 1 aliphatic heterocycles. The van der Waals surface area contributed by atoms with Gasteiger partial charge in [-0.15, -0.1) is 0 Å². The zero-order valence-corrected chi connectivity index (χ0v) is 12.8. The number of amides is 1. The normalized spacial score (nSPS) is 13.5. The molecular weight excluding hydrogens is 278 g/mol. The van der Waals surface area contributed by atoms with E-state index in [9.17, 15) is 4.79 Å². The molecule has 1 amide bonds. The van der Waals surface area contributed by atoms with Crippen LogP contribution in [0.1, 0.15) is 22.3 Å². The number of carbonyl (C=O) groups excluding carboxylic acids is 1. The van der Waals surface area contributed by atoms with Gasteiger partial charge in [0.05, 0.1) is 19.9 Å². The Hall–Kier alpha value is -2.49. The number of anilines is 1. The molecule has 0 radical (unpaired) electrons. The summed E-state index contributed by atoms with van der Waals surface area (Å²) in [5.74, 6) is 1.49. The molecule has 0 spiro atoms. The summed E-state index contributed by atoms with van der Waals surface area (Å²) in [6.45, 7) is 0.705. The second-order valence-corrected chi connectivity index (χ2v) is 5.25. The van der Waals surface area contributed by atoms with Crippen molar-refractivity contribution in [1.82, 2.24) is 0 Å². The van der Waals surface area contributed by atoms with Crippen LogP contribution in [0.5, 0.6) is 11.5 Å². The number of rotatable bonds is 3. The number of nitrogens with zero attached hydrogens (tertiary/aromatic N) is 1. The molecule has 0 fully saturated rings. The Kier molecular flexibility index (Phi) is 4.00. The van der Waals surface area contributed by atoms with Crippen LogP contribution in [0.4, 0.5) is 5.69 Å². The van der Waals surface area contributed by atoms with Crippen LogP contribution in [0, 0.1) is 0 Å². The van der Waals surface area contributed by atoms with E-state index in [0.29, 0.717) is 17.9 Å². The maximum absolute atomic E-state index is 12.8. The highest BCUT2D eigenvalue weighted by Gasteiger charge is 2.26. The van der Waals surface area contributed by atoms with Crippen molar-refractivity contribution in [2.24, 2.45) is 0 Å². The van der Waals surface area contributed by atoms with E-state index < -0.39 is 0 Å². The second kappa shape index (κ2) is 6.10. The van der Waals surface area contributed by atoms with Crippen LogP contribution in [-0.2, 0) is 6.42 Å². The lowest BCUT2D eigenvalue weighted by Gasteiger charge is -2.31. The molecule has 3 rings (SSSR count). The maximum Gasteiger partial charge on any atom is 0.258 e. The lowest BCUT2D eigenvalue weighted by atomic mass is 9.99. The quantitative estimate of drug-likeness (QED) is 0.872. The predicted octanol–water partition coefficient (Wildman–Crippen LogP) is 3.30. The van der Waals surface area contributed by atoms with Crippen molar-refractivity contribution in [2.75, 3.05) is 25.7 Å². The number of fused-ring (bicyclic) bond motifs is 1. The molecule has 1 heterocycles. The van der Waals surface area contributed by atoms with Crippen molar-refractivity contribution in [2.45, 2.75) is 12.8 Å².